The summed E-state index contributed by atoms with van der Waals surface area (Å²) in [6, 6.07) is 0. The molecule has 0 aromatic heterocycles. The molecule has 0 aliphatic carbocycles. The zero-order valence-corrected chi connectivity index (χ0v) is 14.4. The molecule has 0 N–H and O–H groups in total. The summed E-state index contributed by atoms with van der Waals surface area (Å²) >= 11 is 0. The van der Waals surface area contributed by atoms with Crippen LogP contribution in [0.2, 0.25) is 0 Å². The first-order valence-electron chi connectivity index (χ1n) is 8.33. The lowest BCUT2D eigenvalue weighted by Crippen LogP contribution is -1.70. The normalized spacial score (nSPS) is 7.76. The molecule has 0 atom stereocenters. The maximum Gasteiger partial charge on any atom is -0.0533 e. The van der Waals surface area contributed by atoms with Gasteiger partial charge in [-0.25, -0.2) is 0 Å². The molecular formula is C17H42. The summed E-state index contributed by atoms with van der Waals surface area (Å²) < 4.78 is 0. The van der Waals surface area contributed by atoms with Crippen molar-refractivity contribution in [2.24, 2.45) is 0 Å². The number of hydrogen-bond acceptors (Lipinski definition) is 0. The second-order valence-electron chi connectivity index (χ2n) is 3.77. The molecule has 17 heavy (non-hydrogen) atoms. The third-order valence-electron chi connectivity index (χ3n) is 2.16. The standard InChI is InChI=1S/C7H16.C6H14.2C2H6/c1-3-5-7-6-4-2;1-3-5-6-4-2;2*1-2/h3-7H2,1-2H3;3-6H2,1-2H3;2*1-2H3. The van der Waals surface area contributed by atoms with Gasteiger partial charge < -0.3 is 0 Å². The minimum Gasteiger partial charge on any atom is -0.0683 e. The molecule has 0 spiro atoms. The first-order valence-corrected chi connectivity index (χ1v) is 8.33. The highest BCUT2D eigenvalue weighted by atomic mass is 13.9. The van der Waals surface area contributed by atoms with E-state index in [2.05, 4.69) is 27.7 Å². The van der Waals surface area contributed by atoms with Crippen molar-refractivity contribution in [3.8, 4) is 0 Å². The topological polar surface area (TPSA) is 0 Å². The third kappa shape index (κ3) is 64.0. The fourth-order valence-corrected chi connectivity index (χ4v) is 1.18. The summed E-state index contributed by atoms with van der Waals surface area (Å²) in [5.74, 6) is 0. The highest BCUT2D eigenvalue weighted by Gasteiger charge is 1.80. The largest absolute Gasteiger partial charge is 0.0683 e. The van der Waals surface area contributed by atoms with E-state index in [1.165, 1.54) is 57.8 Å². The Bertz CT molecular complexity index is 49.1. The number of unbranched alkanes of at least 4 members (excludes halogenated alkanes) is 7. The molecule has 0 fully saturated rings. The highest BCUT2D eigenvalue weighted by molar-refractivity contribution is 4.36. The van der Waals surface area contributed by atoms with Crippen LogP contribution in [0.15, 0.2) is 0 Å². The Labute approximate surface area is 114 Å². The summed E-state index contributed by atoms with van der Waals surface area (Å²) in [7, 11) is 0. The average Bonchev–Trinajstić information content (AvgIpc) is 2.42. The minimum atomic E-state index is 1.36. The number of rotatable bonds is 7. The Hall–Kier alpha value is 0. The predicted octanol–water partition coefficient (Wildman–Crippen LogP) is 7.62. The SMILES string of the molecule is CC.CC.CCCCCC.CCCCCCC. The van der Waals surface area contributed by atoms with Crippen molar-refractivity contribution in [3.63, 3.8) is 0 Å². The molecule has 0 aromatic rings. The fraction of sp³-hybridized carbons (Fsp3) is 1.00. The van der Waals surface area contributed by atoms with E-state index in [1.807, 2.05) is 27.7 Å². The van der Waals surface area contributed by atoms with Crippen molar-refractivity contribution >= 4 is 0 Å². The monoisotopic (exact) mass is 246 g/mol. The molecule has 0 rings (SSSR count). The molecule has 0 aliphatic rings. The second-order valence-corrected chi connectivity index (χ2v) is 3.77. The Morgan fingerprint density at radius 3 is 0.706 bits per heavy atom. The first-order chi connectivity index (χ1) is 8.33. The van der Waals surface area contributed by atoms with Crippen LogP contribution in [0.25, 0.3) is 0 Å². The van der Waals surface area contributed by atoms with Crippen molar-refractivity contribution in [1.82, 2.24) is 0 Å². The van der Waals surface area contributed by atoms with Crippen LogP contribution in [0, 0.1) is 0 Å². The molecule has 0 unspecified atom stereocenters. The van der Waals surface area contributed by atoms with Gasteiger partial charge in [0, 0.05) is 0 Å². The van der Waals surface area contributed by atoms with Gasteiger partial charge in [-0.15, -0.1) is 0 Å². The first kappa shape index (κ1) is 25.8. The second kappa shape index (κ2) is 44.4. The van der Waals surface area contributed by atoms with Gasteiger partial charge in [0.25, 0.3) is 0 Å². The van der Waals surface area contributed by atoms with Gasteiger partial charge in [-0.05, 0) is 0 Å². The molecule has 110 valence electrons. The van der Waals surface area contributed by atoms with Crippen LogP contribution in [0.3, 0.4) is 0 Å². The van der Waals surface area contributed by atoms with Crippen LogP contribution in [0.1, 0.15) is 113 Å². The van der Waals surface area contributed by atoms with E-state index >= 15 is 0 Å². The van der Waals surface area contributed by atoms with Gasteiger partial charge in [-0.1, -0.05) is 113 Å². The van der Waals surface area contributed by atoms with E-state index in [0.717, 1.165) is 0 Å². The van der Waals surface area contributed by atoms with E-state index in [0.29, 0.717) is 0 Å². The maximum absolute atomic E-state index is 2.25. The van der Waals surface area contributed by atoms with Gasteiger partial charge in [0.05, 0.1) is 0 Å². The van der Waals surface area contributed by atoms with Crippen LogP contribution in [-0.4, -0.2) is 0 Å². The molecular weight excluding hydrogens is 204 g/mol. The van der Waals surface area contributed by atoms with E-state index < -0.39 is 0 Å². The van der Waals surface area contributed by atoms with Crippen LogP contribution in [-0.2, 0) is 0 Å². The highest BCUT2D eigenvalue weighted by Crippen LogP contribution is 2.00. The van der Waals surface area contributed by atoms with Crippen molar-refractivity contribution in [1.29, 1.82) is 0 Å². The van der Waals surface area contributed by atoms with Crippen LogP contribution < -0.4 is 0 Å². The van der Waals surface area contributed by atoms with Gasteiger partial charge in [0.2, 0.25) is 0 Å². The Morgan fingerprint density at radius 2 is 0.529 bits per heavy atom. The minimum absolute atomic E-state index is 1.36. The lowest BCUT2D eigenvalue weighted by Gasteiger charge is -1.90. The van der Waals surface area contributed by atoms with E-state index in [-0.39, 0.29) is 0 Å². The Balaban J connectivity index is -0.0000000772. The van der Waals surface area contributed by atoms with Crippen LogP contribution in [0.4, 0.5) is 0 Å². The van der Waals surface area contributed by atoms with E-state index in [9.17, 15) is 0 Å². The van der Waals surface area contributed by atoms with Crippen LogP contribution >= 0.6 is 0 Å². The molecule has 0 saturated carbocycles. The van der Waals surface area contributed by atoms with Gasteiger partial charge in [0.1, 0.15) is 0 Å². The zero-order valence-electron chi connectivity index (χ0n) is 14.4. The molecule has 0 nitrogen and oxygen atoms in total. The average molecular weight is 247 g/mol. The lowest BCUT2D eigenvalue weighted by atomic mass is 10.2. The third-order valence-corrected chi connectivity index (χ3v) is 2.16. The van der Waals surface area contributed by atoms with Crippen molar-refractivity contribution in [3.05, 3.63) is 0 Å². The molecule has 0 radical (unpaired) electrons. The Morgan fingerprint density at radius 1 is 0.353 bits per heavy atom. The van der Waals surface area contributed by atoms with Crippen LogP contribution in [0.5, 0.6) is 0 Å². The lowest BCUT2D eigenvalue weighted by molar-refractivity contribution is 0.656. The predicted molar refractivity (Wildman–Crippen MR) is 86.9 cm³/mol. The van der Waals surface area contributed by atoms with E-state index in [1.54, 1.807) is 0 Å². The number of hydrogen-bond donors (Lipinski definition) is 0. The van der Waals surface area contributed by atoms with Crippen molar-refractivity contribution < 1.29 is 0 Å². The molecule has 0 amide bonds. The van der Waals surface area contributed by atoms with Crippen molar-refractivity contribution in [2.45, 2.75) is 113 Å². The summed E-state index contributed by atoms with van der Waals surface area (Å²) in [6.45, 7) is 17.0. The Kier molecular flexibility index (Phi) is 67.3. The molecule has 0 heteroatoms. The summed E-state index contributed by atoms with van der Waals surface area (Å²) in [6.07, 6.45) is 12.5. The maximum atomic E-state index is 2.25. The summed E-state index contributed by atoms with van der Waals surface area (Å²) in [4.78, 5) is 0. The molecule has 0 bridgehead atoms. The summed E-state index contributed by atoms with van der Waals surface area (Å²) in [5.41, 5.74) is 0. The van der Waals surface area contributed by atoms with Gasteiger partial charge in [0.15, 0.2) is 0 Å². The van der Waals surface area contributed by atoms with Crippen molar-refractivity contribution in [2.75, 3.05) is 0 Å². The quantitative estimate of drug-likeness (QED) is 0.405. The van der Waals surface area contributed by atoms with Gasteiger partial charge in [-0.2, -0.15) is 0 Å². The fourth-order valence-electron chi connectivity index (χ4n) is 1.18. The van der Waals surface area contributed by atoms with Gasteiger partial charge >= 0.3 is 0 Å². The van der Waals surface area contributed by atoms with Gasteiger partial charge in [-0.3, -0.25) is 0 Å². The molecule has 0 aromatic carbocycles. The molecule has 0 aliphatic heterocycles. The molecule has 0 heterocycles. The van der Waals surface area contributed by atoms with E-state index in [4.69, 9.17) is 0 Å². The summed E-state index contributed by atoms with van der Waals surface area (Å²) in [5, 5.41) is 0. The molecule has 0 saturated heterocycles. The smallest absolute Gasteiger partial charge is 0.0533 e. The zero-order chi connectivity index (χ0) is 14.4.